The number of oxime groups is 1. The summed E-state index contributed by atoms with van der Waals surface area (Å²) < 4.78 is 0.974. The Morgan fingerprint density at radius 2 is 1.89 bits per heavy atom. The summed E-state index contributed by atoms with van der Waals surface area (Å²) in [6, 6.07) is 7.47. The molecule has 3 N–H and O–H groups in total. The maximum Gasteiger partial charge on any atom is 0.259 e. The average molecular weight is 327 g/mol. The van der Waals surface area contributed by atoms with Crippen molar-refractivity contribution >= 4 is 38.9 Å². The summed E-state index contributed by atoms with van der Waals surface area (Å²) in [6.07, 6.45) is 0. The van der Waals surface area contributed by atoms with Gasteiger partial charge in [0.1, 0.15) is 0 Å². The lowest BCUT2D eigenvalue weighted by molar-refractivity contribution is -0.119. The lowest BCUT2D eigenvalue weighted by Gasteiger charge is -2.05. The van der Waals surface area contributed by atoms with Crippen molar-refractivity contribution in [3.05, 3.63) is 28.7 Å². The molecule has 0 aliphatic carbocycles. The van der Waals surface area contributed by atoms with Gasteiger partial charge in [0.25, 0.3) is 5.91 Å². The topological polar surface area (TPSA) is 86.1 Å². The number of amides is 1. The fraction of sp³-hybridized carbons (Fsp3) is 0.250. The van der Waals surface area contributed by atoms with Crippen molar-refractivity contribution in [2.24, 2.45) is 10.3 Å². The van der Waals surface area contributed by atoms with E-state index < -0.39 is 0 Å². The van der Waals surface area contributed by atoms with E-state index in [9.17, 15) is 4.79 Å². The van der Waals surface area contributed by atoms with Crippen LogP contribution in [0, 0.1) is 0 Å². The van der Waals surface area contributed by atoms with Crippen molar-refractivity contribution in [1.29, 1.82) is 0 Å². The van der Waals surface area contributed by atoms with Crippen LogP contribution in [0.25, 0.3) is 0 Å². The summed E-state index contributed by atoms with van der Waals surface area (Å²) in [4.78, 5) is 11.5. The van der Waals surface area contributed by atoms with Crippen molar-refractivity contribution in [1.82, 2.24) is 5.43 Å². The molecule has 0 aliphatic heterocycles. The Balaban J connectivity index is 2.42. The number of carbonyl (C=O) groups is 1. The standard InChI is InChI=1S/C12H15BrN4O2/c1-8(9(2)17-19)15-16-12(18)7-14-11-5-3-10(13)4-6-11/h3-6,14,19H,7H2,1-2H3,(H,16,18)/b15-8-,17-9+. The van der Waals surface area contributed by atoms with Gasteiger partial charge in [-0.3, -0.25) is 4.79 Å². The van der Waals surface area contributed by atoms with E-state index in [1.807, 2.05) is 24.3 Å². The van der Waals surface area contributed by atoms with Gasteiger partial charge < -0.3 is 10.5 Å². The second kappa shape index (κ2) is 7.52. The average Bonchev–Trinajstić information content (AvgIpc) is 2.43. The Morgan fingerprint density at radius 3 is 2.47 bits per heavy atom. The van der Waals surface area contributed by atoms with Crippen LogP contribution >= 0.6 is 15.9 Å². The SMILES string of the molecule is CC(=N/NC(=O)CNc1ccc(Br)cc1)/C(C)=N/O. The lowest BCUT2D eigenvalue weighted by Crippen LogP contribution is -2.27. The zero-order valence-electron chi connectivity index (χ0n) is 10.6. The van der Waals surface area contributed by atoms with Crippen LogP contribution in [0.5, 0.6) is 0 Å². The molecule has 0 bridgehead atoms. The molecular weight excluding hydrogens is 312 g/mol. The van der Waals surface area contributed by atoms with Crippen molar-refractivity contribution in [2.75, 3.05) is 11.9 Å². The maximum atomic E-state index is 11.5. The van der Waals surface area contributed by atoms with Crippen LogP contribution < -0.4 is 10.7 Å². The number of hydrogen-bond donors (Lipinski definition) is 3. The summed E-state index contributed by atoms with van der Waals surface area (Å²) in [5, 5.41) is 18.3. The minimum atomic E-state index is -0.284. The number of halogens is 1. The Bertz CT molecular complexity index is 497. The van der Waals surface area contributed by atoms with Gasteiger partial charge in [0.15, 0.2) is 0 Å². The number of carbonyl (C=O) groups excluding carboxylic acids is 1. The molecule has 1 rings (SSSR count). The number of hydrazone groups is 1. The lowest BCUT2D eigenvalue weighted by atomic mass is 10.3. The summed E-state index contributed by atoms with van der Waals surface area (Å²) in [5.74, 6) is -0.284. The van der Waals surface area contributed by atoms with Crippen molar-refractivity contribution < 1.29 is 10.0 Å². The Hall–Kier alpha value is -1.89. The predicted molar refractivity (Wildman–Crippen MR) is 78.8 cm³/mol. The monoisotopic (exact) mass is 326 g/mol. The fourth-order valence-corrected chi connectivity index (χ4v) is 1.35. The van der Waals surface area contributed by atoms with Gasteiger partial charge in [0.05, 0.1) is 18.0 Å². The normalized spacial score (nSPS) is 12.2. The highest BCUT2D eigenvalue weighted by Crippen LogP contribution is 2.13. The van der Waals surface area contributed by atoms with Gasteiger partial charge in [-0.25, -0.2) is 5.43 Å². The molecule has 0 unspecified atom stereocenters. The molecule has 1 amide bonds. The number of rotatable bonds is 5. The second-order valence-corrected chi connectivity index (χ2v) is 4.69. The molecule has 102 valence electrons. The first-order valence-electron chi connectivity index (χ1n) is 5.54. The largest absolute Gasteiger partial charge is 0.411 e. The molecule has 0 saturated carbocycles. The molecule has 0 aliphatic rings. The molecule has 19 heavy (non-hydrogen) atoms. The molecule has 0 fully saturated rings. The van der Waals surface area contributed by atoms with Crippen LogP contribution in [-0.4, -0.2) is 29.1 Å². The Kier molecular flexibility index (Phi) is 6.01. The number of nitrogens with one attached hydrogen (secondary N) is 2. The van der Waals surface area contributed by atoms with Gasteiger partial charge in [-0.1, -0.05) is 21.1 Å². The van der Waals surface area contributed by atoms with E-state index in [4.69, 9.17) is 5.21 Å². The van der Waals surface area contributed by atoms with Crippen LogP contribution in [0.3, 0.4) is 0 Å². The first-order valence-corrected chi connectivity index (χ1v) is 6.34. The van der Waals surface area contributed by atoms with Crippen LogP contribution in [0.15, 0.2) is 39.0 Å². The third-order valence-electron chi connectivity index (χ3n) is 2.32. The summed E-state index contributed by atoms with van der Waals surface area (Å²) in [6.45, 7) is 3.33. The van der Waals surface area contributed by atoms with Gasteiger partial charge in [-0.15, -0.1) is 0 Å². The minimum absolute atomic E-state index is 0.105. The zero-order chi connectivity index (χ0) is 14.3. The molecule has 0 aromatic heterocycles. The van der Waals surface area contributed by atoms with E-state index in [2.05, 4.69) is 36.9 Å². The van der Waals surface area contributed by atoms with Gasteiger partial charge in [0.2, 0.25) is 0 Å². The van der Waals surface area contributed by atoms with E-state index in [0.29, 0.717) is 11.4 Å². The molecule has 0 heterocycles. The Labute approximate surface area is 119 Å². The second-order valence-electron chi connectivity index (χ2n) is 3.78. The summed E-state index contributed by atoms with van der Waals surface area (Å²) >= 11 is 3.33. The van der Waals surface area contributed by atoms with E-state index in [-0.39, 0.29) is 12.5 Å². The molecule has 0 saturated heterocycles. The molecule has 6 nitrogen and oxygen atoms in total. The van der Waals surface area contributed by atoms with Crippen LogP contribution in [0.1, 0.15) is 13.8 Å². The molecule has 1 aromatic rings. The Morgan fingerprint density at radius 1 is 1.26 bits per heavy atom. The quantitative estimate of drug-likeness (QED) is 0.440. The smallest absolute Gasteiger partial charge is 0.259 e. The minimum Gasteiger partial charge on any atom is -0.411 e. The van der Waals surface area contributed by atoms with Crippen molar-refractivity contribution in [2.45, 2.75) is 13.8 Å². The number of benzene rings is 1. The first-order chi connectivity index (χ1) is 9.02. The number of nitrogens with zero attached hydrogens (tertiary/aromatic N) is 2. The molecule has 0 spiro atoms. The fourth-order valence-electron chi connectivity index (χ4n) is 1.09. The van der Waals surface area contributed by atoms with E-state index in [0.717, 1.165) is 10.2 Å². The first kappa shape index (κ1) is 15.2. The van der Waals surface area contributed by atoms with E-state index in [1.165, 1.54) is 0 Å². The number of anilines is 1. The maximum absolute atomic E-state index is 11.5. The third-order valence-corrected chi connectivity index (χ3v) is 2.85. The summed E-state index contributed by atoms with van der Waals surface area (Å²) in [5.41, 5.74) is 4.00. The predicted octanol–water partition coefficient (Wildman–Crippen LogP) is 2.20. The molecule has 7 heteroatoms. The van der Waals surface area contributed by atoms with Gasteiger partial charge in [0, 0.05) is 10.2 Å². The van der Waals surface area contributed by atoms with Gasteiger partial charge in [-0.2, -0.15) is 5.10 Å². The highest BCUT2D eigenvalue weighted by Gasteiger charge is 2.01. The van der Waals surface area contributed by atoms with Gasteiger partial charge >= 0.3 is 0 Å². The molecular formula is C12H15BrN4O2. The zero-order valence-corrected chi connectivity index (χ0v) is 12.2. The third kappa shape index (κ3) is 5.52. The summed E-state index contributed by atoms with van der Waals surface area (Å²) in [7, 11) is 0. The van der Waals surface area contributed by atoms with Crippen molar-refractivity contribution in [3.8, 4) is 0 Å². The van der Waals surface area contributed by atoms with Crippen LogP contribution in [0.2, 0.25) is 0 Å². The van der Waals surface area contributed by atoms with Crippen LogP contribution in [0.4, 0.5) is 5.69 Å². The molecule has 1 aromatic carbocycles. The van der Waals surface area contributed by atoms with E-state index in [1.54, 1.807) is 13.8 Å². The van der Waals surface area contributed by atoms with Gasteiger partial charge in [-0.05, 0) is 38.1 Å². The van der Waals surface area contributed by atoms with E-state index >= 15 is 0 Å². The highest BCUT2D eigenvalue weighted by molar-refractivity contribution is 9.10. The van der Waals surface area contributed by atoms with Crippen LogP contribution in [-0.2, 0) is 4.79 Å². The molecule has 0 radical (unpaired) electrons. The highest BCUT2D eigenvalue weighted by atomic mass is 79.9. The number of hydrogen-bond acceptors (Lipinski definition) is 5. The molecule has 0 atom stereocenters. The van der Waals surface area contributed by atoms with Crippen molar-refractivity contribution in [3.63, 3.8) is 0 Å².